The van der Waals surface area contributed by atoms with E-state index in [9.17, 15) is 4.21 Å². The topological polar surface area (TPSA) is 45.2 Å². The van der Waals surface area contributed by atoms with Gasteiger partial charge in [-0.2, -0.15) is 4.37 Å². The Bertz CT molecular complexity index is 600. The van der Waals surface area contributed by atoms with Crippen molar-refractivity contribution in [3.8, 4) is 0 Å². The standard InChI is InChI=1S/C14H17N3OS2/c1-11(10-16-20(18)14-6-8-15-19-14)17-9-7-12-4-2-3-5-13(12)17/h2-6,8,11,16H,7,9-10H2,1H3. The summed E-state index contributed by atoms with van der Waals surface area (Å²) in [5.41, 5.74) is 2.72. The Morgan fingerprint density at radius 2 is 2.30 bits per heavy atom. The van der Waals surface area contributed by atoms with Gasteiger partial charge in [0.1, 0.15) is 15.2 Å². The average Bonchev–Trinajstić information content (AvgIpc) is 3.13. The third-order valence-corrected chi connectivity index (χ3v) is 5.71. The minimum atomic E-state index is -1.15. The zero-order chi connectivity index (χ0) is 13.9. The van der Waals surface area contributed by atoms with Crippen molar-refractivity contribution in [2.24, 2.45) is 0 Å². The van der Waals surface area contributed by atoms with Crippen LogP contribution in [0.5, 0.6) is 0 Å². The lowest BCUT2D eigenvalue weighted by Gasteiger charge is -2.27. The van der Waals surface area contributed by atoms with Crippen LogP contribution < -0.4 is 9.62 Å². The van der Waals surface area contributed by atoms with Gasteiger partial charge in [-0.05, 0) is 42.6 Å². The van der Waals surface area contributed by atoms with E-state index in [2.05, 4.69) is 45.2 Å². The number of nitrogens with one attached hydrogen (secondary N) is 1. The molecule has 1 aromatic heterocycles. The van der Waals surface area contributed by atoms with E-state index >= 15 is 0 Å². The Morgan fingerprint density at radius 3 is 3.10 bits per heavy atom. The van der Waals surface area contributed by atoms with Gasteiger partial charge >= 0.3 is 0 Å². The number of aromatic nitrogens is 1. The van der Waals surface area contributed by atoms with Crippen molar-refractivity contribution in [3.63, 3.8) is 0 Å². The zero-order valence-corrected chi connectivity index (χ0v) is 12.9. The van der Waals surface area contributed by atoms with E-state index in [0.29, 0.717) is 12.6 Å². The first kappa shape index (κ1) is 13.7. The molecule has 0 radical (unpaired) electrons. The maximum absolute atomic E-state index is 12.0. The van der Waals surface area contributed by atoms with E-state index in [1.807, 2.05) is 0 Å². The Kier molecular flexibility index (Phi) is 4.14. The smallest absolute Gasteiger partial charge is 0.136 e. The van der Waals surface area contributed by atoms with Gasteiger partial charge in [-0.25, -0.2) is 8.93 Å². The molecule has 2 unspecified atom stereocenters. The van der Waals surface area contributed by atoms with Gasteiger partial charge in [-0.3, -0.25) is 0 Å². The van der Waals surface area contributed by atoms with E-state index in [0.717, 1.165) is 17.2 Å². The highest BCUT2D eigenvalue weighted by molar-refractivity contribution is 7.85. The second kappa shape index (κ2) is 6.03. The summed E-state index contributed by atoms with van der Waals surface area (Å²) in [4.78, 5) is 2.38. The predicted octanol–water partition coefficient (Wildman–Crippen LogP) is 2.21. The van der Waals surface area contributed by atoms with Crippen LogP contribution in [0.3, 0.4) is 0 Å². The Balaban J connectivity index is 1.61. The van der Waals surface area contributed by atoms with Crippen LogP contribution in [0.2, 0.25) is 0 Å². The summed E-state index contributed by atoms with van der Waals surface area (Å²) < 4.78 is 19.9. The van der Waals surface area contributed by atoms with E-state index < -0.39 is 11.0 Å². The maximum Gasteiger partial charge on any atom is 0.136 e. The van der Waals surface area contributed by atoms with E-state index in [1.165, 1.54) is 22.8 Å². The van der Waals surface area contributed by atoms with Gasteiger partial charge in [0.2, 0.25) is 0 Å². The molecule has 2 atom stereocenters. The van der Waals surface area contributed by atoms with Crippen molar-refractivity contribution >= 4 is 28.2 Å². The van der Waals surface area contributed by atoms with Crippen molar-refractivity contribution in [2.45, 2.75) is 23.6 Å². The summed E-state index contributed by atoms with van der Waals surface area (Å²) in [5, 5.41) is 0. The molecule has 0 amide bonds. The Hall–Kier alpha value is -1.24. The summed E-state index contributed by atoms with van der Waals surface area (Å²) >= 11 is 1.28. The minimum absolute atomic E-state index is 0.315. The molecule has 3 rings (SSSR count). The number of anilines is 1. The molecule has 2 heterocycles. The van der Waals surface area contributed by atoms with Gasteiger partial charge in [0.15, 0.2) is 0 Å². The molecule has 1 N–H and O–H groups in total. The van der Waals surface area contributed by atoms with Crippen LogP contribution in [0.4, 0.5) is 5.69 Å². The molecule has 0 bridgehead atoms. The van der Waals surface area contributed by atoms with Crippen molar-refractivity contribution in [3.05, 3.63) is 42.1 Å². The number of hydrogen-bond donors (Lipinski definition) is 1. The lowest BCUT2D eigenvalue weighted by Crippen LogP contribution is -2.39. The van der Waals surface area contributed by atoms with Crippen LogP contribution in [0.25, 0.3) is 0 Å². The van der Waals surface area contributed by atoms with Crippen LogP contribution in [0, 0.1) is 0 Å². The van der Waals surface area contributed by atoms with Crippen LogP contribution in [0.15, 0.2) is 40.7 Å². The summed E-state index contributed by atoms with van der Waals surface area (Å²) in [5.74, 6) is 0. The molecule has 0 spiro atoms. The van der Waals surface area contributed by atoms with E-state index in [4.69, 9.17) is 0 Å². The van der Waals surface area contributed by atoms with E-state index in [1.54, 1.807) is 12.3 Å². The highest BCUT2D eigenvalue weighted by atomic mass is 32.2. The molecular weight excluding hydrogens is 290 g/mol. The third-order valence-electron chi connectivity index (χ3n) is 3.56. The maximum atomic E-state index is 12.0. The van der Waals surface area contributed by atoms with Crippen LogP contribution in [-0.4, -0.2) is 27.7 Å². The lowest BCUT2D eigenvalue weighted by molar-refractivity contribution is 0.625. The molecule has 0 saturated heterocycles. The quantitative estimate of drug-likeness (QED) is 0.921. The van der Waals surface area contributed by atoms with Crippen molar-refractivity contribution in [2.75, 3.05) is 18.0 Å². The van der Waals surface area contributed by atoms with E-state index in [-0.39, 0.29) is 0 Å². The molecule has 1 aromatic carbocycles. The molecule has 106 valence electrons. The van der Waals surface area contributed by atoms with Gasteiger partial charge in [0.25, 0.3) is 0 Å². The van der Waals surface area contributed by atoms with Gasteiger partial charge in [-0.15, -0.1) is 0 Å². The van der Waals surface area contributed by atoms with Crippen molar-refractivity contribution in [1.29, 1.82) is 0 Å². The van der Waals surface area contributed by atoms with Crippen LogP contribution in [-0.2, 0) is 17.4 Å². The van der Waals surface area contributed by atoms with Gasteiger partial charge in [0.05, 0.1) is 0 Å². The third kappa shape index (κ3) is 2.77. The molecule has 20 heavy (non-hydrogen) atoms. The minimum Gasteiger partial charge on any atom is -0.367 e. The molecule has 0 fully saturated rings. The normalized spacial score (nSPS) is 16.9. The fraction of sp³-hybridized carbons (Fsp3) is 0.357. The molecule has 0 aliphatic carbocycles. The molecule has 2 aromatic rings. The monoisotopic (exact) mass is 307 g/mol. The number of hydrogen-bond acceptors (Lipinski definition) is 4. The van der Waals surface area contributed by atoms with Crippen LogP contribution in [0.1, 0.15) is 12.5 Å². The number of rotatable bonds is 5. The average molecular weight is 307 g/mol. The van der Waals surface area contributed by atoms with Crippen molar-refractivity contribution < 1.29 is 4.21 Å². The Morgan fingerprint density at radius 1 is 1.45 bits per heavy atom. The first-order valence-corrected chi connectivity index (χ1v) is 8.58. The molecule has 0 saturated carbocycles. The number of para-hydroxylation sites is 1. The molecule has 1 aliphatic heterocycles. The number of fused-ring (bicyclic) bond motifs is 1. The first-order chi connectivity index (χ1) is 9.75. The summed E-state index contributed by atoms with van der Waals surface area (Å²) in [6.45, 7) is 3.90. The fourth-order valence-electron chi connectivity index (χ4n) is 2.50. The second-order valence-electron chi connectivity index (χ2n) is 4.87. The zero-order valence-electron chi connectivity index (χ0n) is 11.3. The lowest BCUT2D eigenvalue weighted by atomic mass is 10.2. The molecular formula is C14H17N3OS2. The largest absolute Gasteiger partial charge is 0.367 e. The molecule has 1 aliphatic rings. The summed E-state index contributed by atoms with van der Waals surface area (Å²) in [7, 11) is -1.15. The SMILES string of the molecule is CC(CNS(=O)c1ccns1)N1CCc2ccccc21. The van der Waals surface area contributed by atoms with Gasteiger partial charge in [0, 0.05) is 31.0 Å². The van der Waals surface area contributed by atoms with Gasteiger partial charge < -0.3 is 4.90 Å². The highest BCUT2D eigenvalue weighted by Crippen LogP contribution is 2.28. The van der Waals surface area contributed by atoms with Crippen molar-refractivity contribution in [1.82, 2.24) is 9.10 Å². The van der Waals surface area contributed by atoms with Crippen LogP contribution >= 0.6 is 11.5 Å². The Labute approximate surface area is 125 Å². The fourth-order valence-corrected chi connectivity index (χ4v) is 4.14. The highest BCUT2D eigenvalue weighted by Gasteiger charge is 2.23. The summed E-state index contributed by atoms with van der Waals surface area (Å²) in [6.07, 6.45) is 2.78. The number of benzene rings is 1. The first-order valence-electron chi connectivity index (χ1n) is 6.66. The van der Waals surface area contributed by atoms with Gasteiger partial charge in [-0.1, -0.05) is 18.2 Å². The summed E-state index contributed by atoms with van der Waals surface area (Å²) in [6, 6.07) is 10.6. The number of nitrogens with zero attached hydrogens (tertiary/aromatic N) is 2. The second-order valence-corrected chi connectivity index (χ2v) is 7.23. The molecule has 6 heteroatoms. The predicted molar refractivity (Wildman–Crippen MR) is 83.5 cm³/mol. The molecule has 4 nitrogen and oxygen atoms in total.